The molecule has 37 heavy (non-hydrogen) atoms. The van der Waals surface area contributed by atoms with E-state index in [1.807, 2.05) is 0 Å². The van der Waals surface area contributed by atoms with E-state index in [1.54, 1.807) is 30.1 Å². The summed E-state index contributed by atoms with van der Waals surface area (Å²) in [5.74, 6) is -3.89. The van der Waals surface area contributed by atoms with Crippen LogP contribution in [0.1, 0.15) is 17.3 Å². The molecule has 0 aliphatic carbocycles. The lowest BCUT2D eigenvalue weighted by Crippen LogP contribution is -2.43. The van der Waals surface area contributed by atoms with Crippen molar-refractivity contribution in [1.82, 2.24) is 34.0 Å². The molecule has 0 saturated heterocycles. The van der Waals surface area contributed by atoms with Crippen LogP contribution < -0.4 is 16.7 Å². The highest BCUT2D eigenvalue weighted by Gasteiger charge is 2.19. The maximum absolute atomic E-state index is 14.5. The van der Waals surface area contributed by atoms with E-state index in [-0.39, 0.29) is 33.9 Å². The van der Waals surface area contributed by atoms with Crippen LogP contribution >= 0.6 is 11.6 Å². The molecule has 0 bridgehead atoms. The number of rotatable bonds is 6. The number of fused-ring (bicyclic) bond motifs is 1. The van der Waals surface area contributed by atoms with Gasteiger partial charge in [-0.05, 0) is 18.2 Å². The van der Waals surface area contributed by atoms with E-state index < -0.39 is 41.9 Å². The fourth-order valence-corrected chi connectivity index (χ4v) is 3.90. The second kappa shape index (κ2) is 9.20. The van der Waals surface area contributed by atoms with Gasteiger partial charge in [-0.1, -0.05) is 16.8 Å². The van der Waals surface area contributed by atoms with E-state index in [1.165, 1.54) is 6.92 Å². The van der Waals surface area contributed by atoms with Crippen LogP contribution in [0.2, 0.25) is 5.02 Å². The second-order valence-corrected chi connectivity index (χ2v) is 8.49. The van der Waals surface area contributed by atoms with Crippen molar-refractivity contribution in [3.05, 3.63) is 91.2 Å². The van der Waals surface area contributed by atoms with Crippen LogP contribution in [0.4, 0.5) is 24.8 Å². The van der Waals surface area contributed by atoms with Crippen molar-refractivity contribution >= 4 is 34.1 Å². The largest absolute Gasteiger partial charge is 0.355 e. The molecule has 15 heteroatoms. The second-order valence-electron chi connectivity index (χ2n) is 8.08. The van der Waals surface area contributed by atoms with Crippen LogP contribution in [0, 0.1) is 24.4 Å². The van der Waals surface area contributed by atoms with E-state index in [0.717, 1.165) is 4.57 Å². The van der Waals surface area contributed by atoms with Crippen LogP contribution in [0.15, 0.2) is 44.6 Å². The molecule has 3 aromatic heterocycles. The van der Waals surface area contributed by atoms with E-state index in [2.05, 4.69) is 25.5 Å². The molecule has 0 amide bonds. The number of nitrogens with one attached hydrogen (secondary N) is 1. The molecule has 3 heterocycles. The molecular weight excluding hydrogens is 517 g/mol. The van der Waals surface area contributed by atoms with Crippen LogP contribution in [0.25, 0.3) is 10.9 Å². The van der Waals surface area contributed by atoms with Gasteiger partial charge in [-0.2, -0.15) is 15.1 Å². The Hall–Kier alpha value is -4.46. The number of hydrogen-bond donors (Lipinski definition) is 1. The average Bonchev–Trinajstić information content (AvgIpc) is 3.40. The normalized spacial score (nSPS) is 11.4. The van der Waals surface area contributed by atoms with Gasteiger partial charge >= 0.3 is 11.4 Å². The van der Waals surface area contributed by atoms with Crippen LogP contribution in [0.5, 0.6) is 0 Å². The lowest BCUT2D eigenvalue weighted by Gasteiger charge is -2.16. The predicted octanol–water partition coefficient (Wildman–Crippen LogP) is 2.89. The fourth-order valence-electron chi connectivity index (χ4n) is 3.69. The van der Waals surface area contributed by atoms with Gasteiger partial charge in [-0.15, -0.1) is 0 Å². The highest BCUT2D eigenvalue weighted by Crippen LogP contribution is 2.29. The molecule has 0 fully saturated rings. The SMILES string of the molecule is Cc1nc(Cn2c(=O)nc(Nc3cc4cn(C)nc4cc3Cl)n(Cc3cc(F)c(F)cc3F)c2=O)no1. The number of nitrogens with zero attached hydrogens (tertiary/aromatic N) is 7. The summed E-state index contributed by atoms with van der Waals surface area (Å²) in [6.45, 7) is 0.526. The summed E-state index contributed by atoms with van der Waals surface area (Å²) in [7, 11) is 1.72. The van der Waals surface area contributed by atoms with Gasteiger partial charge in [0.15, 0.2) is 17.5 Å². The summed E-state index contributed by atoms with van der Waals surface area (Å²) < 4.78 is 49.9. The predicted molar refractivity (Wildman–Crippen MR) is 125 cm³/mol. The molecule has 0 aliphatic heterocycles. The maximum Gasteiger partial charge on any atom is 0.355 e. The van der Waals surface area contributed by atoms with Crippen molar-refractivity contribution in [1.29, 1.82) is 0 Å². The summed E-state index contributed by atoms with van der Waals surface area (Å²) in [5, 5.41) is 11.6. The van der Waals surface area contributed by atoms with Gasteiger partial charge in [0.1, 0.15) is 5.82 Å². The van der Waals surface area contributed by atoms with Crippen molar-refractivity contribution in [2.45, 2.75) is 20.0 Å². The summed E-state index contributed by atoms with van der Waals surface area (Å²) in [6, 6.07) is 4.17. The van der Waals surface area contributed by atoms with Crippen LogP contribution in [-0.2, 0) is 20.1 Å². The summed E-state index contributed by atoms with van der Waals surface area (Å²) in [4.78, 5) is 34.1. The van der Waals surface area contributed by atoms with Crippen molar-refractivity contribution < 1.29 is 17.7 Å². The third kappa shape index (κ3) is 4.70. The lowest BCUT2D eigenvalue weighted by atomic mass is 10.2. The standard InChI is InChI=1S/C22H16ClF3N8O3/c1-10-27-19(31-37-10)9-34-21(35)29-20(28-18-4-12-7-32(2)30-17(12)5-13(18)23)33(22(34)36)8-11-3-15(25)16(26)6-14(11)24/h3-7H,8-9H2,1-2H3,(H,28,29,35). The Morgan fingerprint density at radius 3 is 2.49 bits per heavy atom. The van der Waals surface area contributed by atoms with Crippen molar-refractivity contribution in [2.75, 3.05) is 5.32 Å². The van der Waals surface area contributed by atoms with Crippen molar-refractivity contribution in [3.8, 4) is 0 Å². The third-order valence-electron chi connectivity index (χ3n) is 5.39. The number of hydrogen-bond acceptors (Lipinski definition) is 8. The number of anilines is 2. The zero-order valence-electron chi connectivity index (χ0n) is 19.2. The molecule has 5 rings (SSSR count). The Balaban J connectivity index is 1.64. The van der Waals surface area contributed by atoms with Gasteiger partial charge in [-0.25, -0.2) is 27.3 Å². The molecule has 0 aliphatic rings. The van der Waals surface area contributed by atoms with Crippen LogP contribution in [-0.4, -0.2) is 34.0 Å². The molecule has 190 valence electrons. The molecule has 11 nitrogen and oxygen atoms in total. The van der Waals surface area contributed by atoms with E-state index in [0.29, 0.717) is 27.6 Å². The van der Waals surface area contributed by atoms with E-state index in [9.17, 15) is 22.8 Å². The zero-order valence-corrected chi connectivity index (χ0v) is 19.9. The summed E-state index contributed by atoms with van der Waals surface area (Å²) in [6.07, 6.45) is 1.72. The maximum atomic E-state index is 14.5. The van der Waals surface area contributed by atoms with Gasteiger partial charge < -0.3 is 9.84 Å². The zero-order chi connectivity index (χ0) is 26.4. The highest BCUT2D eigenvalue weighted by molar-refractivity contribution is 6.34. The van der Waals surface area contributed by atoms with Crippen LogP contribution in [0.3, 0.4) is 0 Å². The minimum absolute atomic E-state index is 0.0230. The first-order chi connectivity index (χ1) is 17.6. The molecule has 2 aromatic carbocycles. The Bertz CT molecular complexity index is 1790. The van der Waals surface area contributed by atoms with Crippen molar-refractivity contribution in [2.24, 2.45) is 7.05 Å². The molecule has 0 saturated carbocycles. The first-order valence-electron chi connectivity index (χ1n) is 10.6. The summed E-state index contributed by atoms with van der Waals surface area (Å²) >= 11 is 6.37. The Labute approximate surface area is 209 Å². The Morgan fingerprint density at radius 1 is 1.00 bits per heavy atom. The molecule has 0 unspecified atom stereocenters. The van der Waals surface area contributed by atoms with E-state index in [4.69, 9.17) is 16.1 Å². The minimum atomic E-state index is -1.39. The molecule has 1 N–H and O–H groups in total. The minimum Gasteiger partial charge on any atom is -0.340 e. The molecule has 0 radical (unpaired) electrons. The first-order valence-corrected chi connectivity index (χ1v) is 11.0. The lowest BCUT2D eigenvalue weighted by molar-refractivity contribution is 0.385. The van der Waals surface area contributed by atoms with Gasteiger partial charge in [0, 0.05) is 37.2 Å². The van der Waals surface area contributed by atoms with Gasteiger partial charge in [0.25, 0.3) is 0 Å². The Kier molecular flexibility index (Phi) is 6.03. The monoisotopic (exact) mass is 532 g/mol. The molecule has 5 aromatic rings. The van der Waals surface area contributed by atoms with Gasteiger partial charge in [-0.3, -0.25) is 9.25 Å². The number of halogens is 4. The third-order valence-corrected chi connectivity index (χ3v) is 5.70. The number of aryl methyl sites for hydroxylation is 2. The smallest absolute Gasteiger partial charge is 0.340 e. The average molecular weight is 533 g/mol. The molecular formula is C22H16ClF3N8O3. The van der Waals surface area contributed by atoms with E-state index >= 15 is 0 Å². The summed E-state index contributed by atoms with van der Waals surface area (Å²) in [5.41, 5.74) is -1.43. The fraction of sp³-hybridized carbons (Fsp3) is 0.182. The first kappa shape index (κ1) is 24.2. The van der Waals surface area contributed by atoms with Gasteiger partial charge in [0.05, 0.1) is 29.3 Å². The van der Waals surface area contributed by atoms with Gasteiger partial charge in [0.2, 0.25) is 11.8 Å². The highest BCUT2D eigenvalue weighted by atomic mass is 35.5. The quantitative estimate of drug-likeness (QED) is 0.331. The molecule has 0 spiro atoms. The topological polar surface area (TPSA) is 126 Å². The Morgan fingerprint density at radius 2 is 1.76 bits per heavy atom. The number of aromatic nitrogens is 7. The van der Waals surface area contributed by atoms with Crippen molar-refractivity contribution in [3.63, 3.8) is 0 Å². The molecule has 0 atom stereocenters. The number of benzene rings is 2.